The zero-order valence-corrected chi connectivity index (χ0v) is 18.9. The molecule has 1 unspecified atom stereocenters. The topological polar surface area (TPSA) is 117 Å². The molecule has 3 heterocycles. The number of fused-ring (bicyclic) bond motifs is 2. The van der Waals surface area contributed by atoms with Gasteiger partial charge in [-0.25, -0.2) is 9.97 Å². The van der Waals surface area contributed by atoms with Crippen LogP contribution in [0.5, 0.6) is 5.75 Å². The van der Waals surface area contributed by atoms with Crippen LogP contribution < -0.4 is 15.8 Å². The van der Waals surface area contributed by atoms with E-state index in [1.54, 1.807) is 6.21 Å². The fourth-order valence-corrected chi connectivity index (χ4v) is 4.03. The number of hydrogen-bond acceptors (Lipinski definition) is 7. The van der Waals surface area contributed by atoms with E-state index in [1.165, 1.54) is 4.68 Å². The highest BCUT2D eigenvalue weighted by Crippen LogP contribution is 2.28. The molecule has 1 saturated heterocycles. The van der Waals surface area contributed by atoms with E-state index in [0.29, 0.717) is 35.3 Å². The van der Waals surface area contributed by atoms with Crippen molar-refractivity contribution in [2.24, 2.45) is 5.10 Å². The van der Waals surface area contributed by atoms with E-state index >= 15 is 0 Å². The van der Waals surface area contributed by atoms with Crippen molar-refractivity contribution in [1.29, 1.82) is 0 Å². The van der Waals surface area contributed by atoms with Crippen molar-refractivity contribution in [1.82, 2.24) is 20.0 Å². The summed E-state index contributed by atoms with van der Waals surface area (Å²) < 4.78 is 12.6. The molecule has 2 aromatic heterocycles. The van der Waals surface area contributed by atoms with Gasteiger partial charge in [0.05, 0.1) is 30.0 Å². The number of aromatic nitrogens is 3. The lowest BCUT2D eigenvalue weighted by molar-refractivity contribution is 0.0859. The van der Waals surface area contributed by atoms with Crippen LogP contribution in [0.15, 0.2) is 53.6 Å². The molecule has 34 heavy (non-hydrogen) atoms. The number of nitrogen functional groups attached to an aromatic ring is 1. The zero-order chi connectivity index (χ0) is 23.5. The number of amides is 1. The van der Waals surface area contributed by atoms with E-state index in [4.69, 9.17) is 25.2 Å². The number of nitrogens with zero attached hydrogens (tertiary/aromatic N) is 4. The van der Waals surface area contributed by atoms with E-state index in [0.717, 1.165) is 30.8 Å². The minimum absolute atomic E-state index is 0.0168. The molecule has 9 heteroatoms. The maximum absolute atomic E-state index is 13.2. The molecular formula is C25H26N6O3. The summed E-state index contributed by atoms with van der Waals surface area (Å²) in [6, 6.07) is 15.0. The summed E-state index contributed by atoms with van der Waals surface area (Å²) in [6.45, 7) is 3.68. The summed E-state index contributed by atoms with van der Waals surface area (Å²) >= 11 is 0. The number of ether oxygens (including phenoxy) is 2. The van der Waals surface area contributed by atoms with Gasteiger partial charge >= 0.3 is 0 Å². The molecule has 0 radical (unpaired) electrons. The van der Waals surface area contributed by atoms with Crippen LogP contribution in [0, 0.1) is 0 Å². The van der Waals surface area contributed by atoms with E-state index in [2.05, 4.69) is 10.4 Å². The molecule has 2 aromatic carbocycles. The Morgan fingerprint density at radius 3 is 2.71 bits per heavy atom. The number of rotatable bonds is 7. The van der Waals surface area contributed by atoms with Gasteiger partial charge in [0.15, 0.2) is 5.65 Å². The number of hydrogen-bond donors (Lipinski definition) is 2. The van der Waals surface area contributed by atoms with Crippen molar-refractivity contribution >= 4 is 40.1 Å². The molecule has 0 saturated carbocycles. The Labute approximate surface area is 196 Å². The van der Waals surface area contributed by atoms with Gasteiger partial charge in [-0.15, -0.1) is 0 Å². The van der Waals surface area contributed by atoms with Crippen LogP contribution in [-0.4, -0.2) is 52.6 Å². The summed E-state index contributed by atoms with van der Waals surface area (Å²) in [4.78, 5) is 22.6. The number of para-hydroxylation sites is 2. The third-order valence-corrected chi connectivity index (χ3v) is 5.73. The minimum atomic E-state index is -0.322. The van der Waals surface area contributed by atoms with Gasteiger partial charge in [-0.05, 0) is 61.7 Å². The molecule has 1 atom stereocenters. The second kappa shape index (κ2) is 9.48. The molecule has 3 N–H and O–H groups in total. The lowest BCUT2D eigenvalue weighted by atomic mass is 10.2. The Bertz CT molecular complexity index is 1360. The summed E-state index contributed by atoms with van der Waals surface area (Å²) in [5.74, 6) is 0.642. The molecule has 0 spiro atoms. The lowest BCUT2D eigenvalue weighted by Crippen LogP contribution is -2.32. The number of anilines is 1. The molecule has 9 nitrogen and oxygen atoms in total. The average molecular weight is 459 g/mol. The smallest absolute Gasteiger partial charge is 0.257 e. The Balaban J connectivity index is 1.54. The number of benzene rings is 2. The Hall–Kier alpha value is -3.98. The highest BCUT2D eigenvalue weighted by Gasteiger charge is 2.25. The molecule has 0 bridgehead atoms. The van der Waals surface area contributed by atoms with Crippen molar-refractivity contribution in [3.63, 3.8) is 0 Å². The van der Waals surface area contributed by atoms with Gasteiger partial charge in [0, 0.05) is 13.2 Å². The number of nitrogens with one attached hydrogen (secondary N) is 1. The Morgan fingerprint density at radius 1 is 1.24 bits per heavy atom. The van der Waals surface area contributed by atoms with Gasteiger partial charge in [-0.2, -0.15) is 9.78 Å². The summed E-state index contributed by atoms with van der Waals surface area (Å²) in [6.07, 6.45) is 3.60. The van der Waals surface area contributed by atoms with Crippen molar-refractivity contribution in [3.8, 4) is 5.75 Å². The van der Waals surface area contributed by atoms with Crippen molar-refractivity contribution in [2.75, 3.05) is 25.5 Å². The maximum Gasteiger partial charge on any atom is 0.257 e. The molecular weight excluding hydrogens is 432 g/mol. The van der Waals surface area contributed by atoms with Crippen LogP contribution in [0.2, 0.25) is 0 Å². The van der Waals surface area contributed by atoms with Gasteiger partial charge in [-0.3, -0.25) is 4.79 Å². The van der Waals surface area contributed by atoms with E-state index in [9.17, 15) is 4.79 Å². The molecule has 1 aliphatic rings. The minimum Gasteiger partial charge on any atom is -0.494 e. The van der Waals surface area contributed by atoms with Crippen molar-refractivity contribution in [2.45, 2.75) is 25.9 Å². The van der Waals surface area contributed by atoms with Crippen molar-refractivity contribution in [3.05, 3.63) is 59.7 Å². The predicted molar refractivity (Wildman–Crippen MR) is 131 cm³/mol. The number of carbonyl (C=O) groups is 1. The zero-order valence-electron chi connectivity index (χ0n) is 18.9. The fraction of sp³-hybridized carbons (Fsp3) is 0.280. The first-order chi connectivity index (χ1) is 16.6. The third-order valence-electron chi connectivity index (χ3n) is 5.73. The highest BCUT2D eigenvalue weighted by atomic mass is 16.5. The molecule has 1 amide bonds. The van der Waals surface area contributed by atoms with Crippen LogP contribution in [-0.2, 0) is 4.74 Å². The van der Waals surface area contributed by atoms with E-state index < -0.39 is 0 Å². The summed E-state index contributed by atoms with van der Waals surface area (Å²) in [7, 11) is 0. The number of nitrogens with two attached hydrogens (primary N) is 1. The largest absolute Gasteiger partial charge is 0.494 e. The van der Waals surface area contributed by atoms with Crippen molar-refractivity contribution < 1.29 is 14.3 Å². The lowest BCUT2D eigenvalue weighted by Gasteiger charge is -2.10. The first kappa shape index (κ1) is 21.8. The van der Waals surface area contributed by atoms with Gasteiger partial charge in [-0.1, -0.05) is 12.1 Å². The monoisotopic (exact) mass is 458 g/mol. The van der Waals surface area contributed by atoms with Gasteiger partial charge < -0.3 is 20.5 Å². The van der Waals surface area contributed by atoms with Gasteiger partial charge in [0.2, 0.25) is 0 Å². The van der Waals surface area contributed by atoms with Gasteiger partial charge in [0.1, 0.15) is 22.6 Å². The van der Waals surface area contributed by atoms with Crippen LogP contribution in [0.3, 0.4) is 0 Å². The van der Waals surface area contributed by atoms with Gasteiger partial charge in [0.25, 0.3) is 5.91 Å². The predicted octanol–water partition coefficient (Wildman–Crippen LogP) is 3.36. The SMILES string of the molecule is CCOc1ccc(C=Nn2c(N)c(C(=O)NCC3CCCO3)c3nc4ccccc4nc32)cc1. The summed E-state index contributed by atoms with van der Waals surface area (Å²) in [5, 5.41) is 7.48. The first-order valence-corrected chi connectivity index (χ1v) is 11.4. The fourth-order valence-electron chi connectivity index (χ4n) is 4.03. The third kappa shape index (κ3) is 4.29. The first-order valence-electron chi connectivity index (χ1n) is 11.4. The second-order valence-corrected chi connectivity index (χ2v) is 8.05. The molecule has 0 aliphatic carbocycles. The highest BCUT2D eigenvalue weighted by molar-refractivity contribution is 6.10. The van der Waals surface area contributed by atoms with Crippen LogP contribution >= 0.6 is 0 Å². The Morgan fingerprint density at radius 2 is 2.00 bits per heavy atom. The Kier molecular flexibility index (Phi) is 6.09. The van der Waals surface area contributed by atoms with Crippen LogP contribution in [0.4, 0.5) is 5.82 Å². The quantitative estimate of drug-likeness (QED) is 0.410. The molecule has 174 valence electrons. The summed E-state index contributed by atoms with van der Waals surface area (Å²) in [5.41, 5.74) is 9.75. The van der Waals surface area contributed by atoms with Crippen LogP contribution in [0.25, 0.3) is 22.2 Å². The molecule has 4 aromatic rings. The van der Waals surface area contributed by atoms with E-state index in [-0.39, 0.29) is 23.4 Å². The second-order valence-electron chi connectivity index (χ2n) is 8.05. The standard InChI is InChI=1S/C25H26N6O3/c1-2-33-17-11-9-16(10-12-17)14-28-31-23(26)21(25(32)27-15-18-6-5-13-34-18)22-24(31)30-20-8-4-3-7-19(20)29-22/h3-4,7-12,14,18H,2,5-6,13,15,26H2,1H3,(H,27,32). The molecule has 1 fully saturated rings. The maximum atomic E-state index is 13.2. The number of carbonyl (C=O) groups excluding carboxylic acids is 1. The normalized spacial score (nSPS) is 16.0. The molecule has 5 rings (SSSR count). The molecule has 1 aliphatic heterocycles. The average Bonchev–Trinajstić information content (AvgIpc) is 3.46. The van der Waals surface area contributed by atoms with Crippen LogP contribution in [0.1, 0.15) is 35.7 Å². The van der Waals surface area contributed by atoms with E-state index in [1.807, 2.05) is 55.5 Å².